The van der Waals surface area contributed by atoms with Crippen LogP contribution in [0.1, 0.15) is 49.9 Å². The minimum absolute atomic E-state index is 0.176. The Morgan fingerprint density at radius 2 is 1.79 bits per heavy atom. The van der Waals surface area contributed by atoms with Crippen LogP contribution < -0.4 is 10.1 Å². The van der Waals surface area contributed by atoms with Gasteiger partial charge in [-0.25, -0.2) is 0 Å². The molecule has 2 aromatic carbocycles. The first-order valence-electron chi connectivity index (χ1n) is 11.0. The number of carbonyl (C=O) groups excluding carboxylic acids is 1. The van der Waals surface area contributed by atoms with E-state index in [1.807, 2.05) is 74.8 Å². The molecule has 0 unspecified atom stereocenters. The summed E-state index contributed by atoms with van der Waals surface area (Å²) in [5, 5.41) is 12.2. The van der Waals surface area contributed by atoms with E-state index in [9.17, 15) is 4.79 Å². The number of hydrogen-bond donors (Lipinski definition) is 1. The fourth-order valence-electron chi connectivity index (χ4n) is 3.92. The topological polar surface area (TPSA) is 82.2 Å². The number of anilines is 1. The zero-order valence-corrected chi connectivity index (χ0v) is 20.7. The highest BCUT2D eigenvalue weighted by molar-refractivity contribution is 6.30. The lowest BCUT2D eigenvalue weighted by Crippen LogP contribution is -2.16. The summed E-state index contributed by atoms with van der Waals surface area (Å²) in [7, 11) is 0. The molecular weight excluding hydrogens is 452 g/mol. The summed E-state index contributed by atoms with van der Waals surface area (Å²) in [6, 6.07) is 13.6. The Labute approximate surface area is 203 Å². The van der Waals surface area contributed by atoms with Gasteiger partial charge in [-0.2, -0.15) is 5.10 Å². The molecule has 0 aliphatic heterocycles. The normalized spacial score (nSPS) is 11.0. The summed E-state index contributed by atoms with van der Waals surface area (Å²) in [6.07, 6.45) is 0. The minimum Gasteiger partial charge on any atom is -0.488 e. The van der Waals surface area contributed by atoms with Crippen LogP contribution in [-0.2, 0) is 13.2 Å². The molecule has 0 spiro atoms. The highest BCUT2D eigenvalue weighted by Crippen LogP contribution is 2.26. The maximum Gasteiger partial charge on any atom is 0.278 e. The number of nitrogens with one attached hydrogen (secondary N) is 1. The van der Waals surface area contributed by atoms with Gasteiger partial charge in [-0.3, -0.25) is 9.48 Å². The van der Waals surface area contributed by atoms with E-state index >= 15 is 0 Å². The molecule has 1 N–H and O–H groups in total. The van der Waals surface area contributed by atoms with Crippen molar-refractivity contribution < 1.29 is 14.1 Å². The Morgan fingerprint density at radius 1 is 1.09 bits per heavy atom. The monoisotopic (exact) mass is 478 g/mol. The number of benzene rings is 2. The first-order valence-corrected chi connectivity index (χ1v) is 11.4. The lowest BCUT2D eigenvalue weighted by molar-refractivity contribution is 0.101. The summed E-state index contributed by atoms with van der Waals surface area (Å²) in [6.45, 7) is 10.2. The summed E-state index contributed by atoms with van der Waals surface area (Å²) in [4.78, 5) is 13.2. The third kappa shape index (κ3) is 4.84. The molecule has 0 aliphatic rings. The fraction of sp³-hybridized carbons (Fsp3) is 0.269. The molecule has 1 amide bonds. The summed E-state index contributed by atoms with van der Waals surface area (Å²) in [5.41, 5.74) is 6.08. The van der Waals surface area contributed by atoms with Gasteiger partial charge >= 0.3 is 0 Å². The Hall–Kier alpha value is -3.58. The van der Waals surface area contributed by atoms with Crippen molar-refractivity contribution in [1.29, 1.82) is 0 Å². The van der Waals surface area contributed by atoms with Crippen LogP contribution in [0.3, 0.4) is 0 Å². The van der Waals surface area contributed by atoms with E-state index in [4.69, 9.17) is 20.9 Å². The molecule has 0 radical (unpaired) electrons. The lowest BCUT2D eigenvalue weighted by Gasteiger charge is -2.12. The SMILES string of the molecule is Cc1cccc(C)c1OCc1c(C(=O)Nc2c(C)nn(Cc3cccc(Cl)c3)c2C)noc1C. The molecule has 8 heteroatoms. The number of aryl methyl sites for hydroxylation is 4. The van der Waals surface area contributed by atoms with E-state index in [1.54, 1.807) is 6.92 Å². The standard InChI is InChI=1S/C26H27ClN4O3/c1-15-8-6-9-16(2)25(15)33-14-22-19(5)34-30-24(22)26(32)28-23-17(3)29-31(18(23)4)13-20-10-7-11-21(27)12-20/h6-12H,13-14H2,1-5H3,(H,28,32). The summed E-state index contributed by atoms with van der Waals surface area (Å²) < 4.78 is 13.2. The van der Waals surface area contributed by atoms with Gasteiger partial charge in [-0.1, -0.05) is 47.1 Å². The van der Waals surface area contributed by atoms with Gasteiger partial charge in [0.05, 0.1) is 29.2 Å². The van der Waals surface area contributed by atoms with Crippen LogP contribution >= 0.6 is 11.6 Å². The van der Waals surface area contributed by atoms with Crippen molar-refractivity contribution in [2.45, 2.75) is 47.8 Å². The van der Waals surface area contributed by atoms with Gasteiger partial charge in [0.15, 0.2) is 5.69 Å². The van der Waals surface area contributed by atoms with Gasteiger partial charge in [0, 0.05) is 5.02 Å². The average molecular weight is 479 g/mol. The molecule has 2 heterocycles. The molecule has 176 valence electrons. The Balaban J connectivity index is 1.53. The predicted molar refractivity (Wildman–Crippen MR) is 132 cm³/mol. The molecule has 4 rings (SSSR count). The number of hydrogen-bond acceptors (Lipinski definition) is 5. The highest BCUT2D eigenvalue weighted by Gasteiger charge is 2.23. The maximum atomic E-state index is 13.2. The molecule has 0 bridgehead atoms. The van der Waals surface area contributed by atoms with Gasteiger partial charge in [0.1, 0.15) is 18.1 Å². The van der Waals surface area contributed by atoms with Gasteiger partial charge in [0.2, 0.25) is 0 Å². The van der Waals surface area contributed by atoms with Crippen molar-refractivity contribution in [3.63, 3.8) is 0 Å². The maximum absolute atomic E-state index is 13.2. The molecule has 7 nitrogen and oxygen atoms in total. The third-order valence-corrected chi connectivity index (χ3v) is 6.05. The van der Waals surface area contributed by atoms with Gasteiger partial charge < -0.3 is 14.6 Å². The lowest BCUT2D eigenvalue weighted by atomic mass is 10.1. The second-order valence-corrected chi connectivity index (χ2v) is 8.80. The average Bonchev–Trinajstić information content (AvgIpc) is 3.28. The zero-order chi connectivity index (χ0) is 24.4. The Morgan fingerprint density at radius 3 is 2.50 bits per heavy atom. The first kappa shape index (κ1) is 23.6. The van der Waals surface area contributed by atoms with Crippen LogP contribution in [0.25, 0.3) is 0 Å². The molecule has 34 heavy (non-hydrogen) atoms. The van der Waals surface area contributed by atoms with Crippen LogP contribution in [0, 0.1) is 34.6 Å². The van der Waals surface area contributed by atoms with E-state index < -0.39 is 0 Å². The van der Waals surface area contributed by atoms with Gasteiger partial charge in [-0.15, -0.1) is 0 Å². The van der Waals surface area contributed by atoms with E-state index in [0.29, 0.717) is 34.3 Å². The largest absolute Gasteiger partial charge is 0.488 e. The van der Waals surface area contributed by atoms with E-state index in [1.165, 1.54) is 0 Å². The third-order valence-electron chi connectivity index (χ3n) is 5.81. The second kappa shape index (κ2) is 9.73. The first-order chi connectivity index (χ1) is 16.2. The Bertz CT molecular complexity index is 1340. The minimum atomic E-state index is -0.370. The number of nitrogens with zero attached hydrogens (tertiary/aromatic N) is 3. The molecule has 0 saturated heterocycles. The Kier molecular flexibility index (Phi) is 6.75. The quantitative estimate of drug-likeness (QED) is 0.355. The number of rotatable bonds is 7. The number of aromatic nitrogens is 3. The van der Waals surface area contributed by atoms with E-state index in [-0.39, 0.29) is 18.2 Å². The van der Waals surface area contributed by atoms with E-state index in [0.717, 1.165) is 28.1 Å². The van der Waals surface area contributed by atoms with Crippen LogP contribution in [0.2, 0.25) is 5.02 Å². The van der Waals surface area contributed by atoms with Crippen LogP contribution in [-0.4, -0.2) is 20.8 Å². The molecule has 0 saturated carbocycles. The highest BCUT2D eigenvalue weighted by atomic mass is 35.5. The predicted octanol–water partition coefficient (Wildman–Crippen LogP) is 5.95. The zero-order valence-electron chi connectivity index (χ0n) is 19.9. The van der Waals surface area contributed by atoms with Crippen molar-refractivity contribution >= 4 is 23.2 Å². The molecule has 0 aliphatic carbocycles. The molecule has 2 aromatic heterocycles. The van der Waals surface area contributed by atoms with Gasteiger partial charge in [0.25, 0.3) is 5.91 Å². The van der Waals surface area contributed by atoms with Crippen molar-refractivity contribution in [2.24, 2.45) is 0 Å². The number of amides is 1. The summed E-state index contributed by atoms with van der Waals surface area (Å²) in [5.74, 6) is 0.968. The van der Waals surface area contributed by atoms with Crippen molar-refractivity contribution in [3.05, 3.63) is 92.6 Å². The van der Waals surface area contributed by atoms with Crippen molar-refractivity contribution in [3.8, 4) is 5.75 Å². The number of ether oxygens (including phenoxy) is 1. The van der Waals surface area contributed by atoms with Crippen LogP contribution in [0.15, 0.2) is 47.0 Å². The molecule has 0 atom stereocenters. The number of halogens is 1. The van der Waals surface area contributed by atoms with Crippen LogP contribution in [0.5, 0.6) is 5.75 Å². The molecular formula is C26H27ClN4O3. The summed E-state index contributed by atoms with van der Waals surface area (Å²) >= 11 is 6.11. The molecule has 4 aromatic rings. The van der Waals surface area contributed by atoms with Crippen LogP contribution in [0.4, 0.5) is 5.69 Å². The second-order valence-electron chi connectivity index (χ2n) is 8.36. The van der Waals surface area contributed by atoms with Crippen molar-refractivity contribution in [1.82, 2.24) is 14.9 Å². The van der Waals surface area contributed by atoms with Crippen molar-refractivity contribution in [2.75, 3.05) is 5.32 Å². The fourth-order valence-corrected chi connectivity index (χ4v) is 4.14. The number of para-hydroxylation sites is 1. The smallest absolute Gasteiger partial charge is 0.278 e. The van der Waals surface area contributed by atoms with E-state index in [2.05, 4.69) is 15.6 Å². The number of carbonyl (C=O) groups is 1. The van der Waals surface area contributed by atoms with Gasteiger partial charge in [-0.05, 0) is 63.4 Å². The molecule has 0 fully saturated rings.